The van der Waals surface area contributed by atoms with E-state index in [-0.39, 0.29) is 48.8 Å². The van der Waals surface area contributed by atoms with Gasteiger partial charge in [-0.15, -0.1) is 0 Å². The lowest BCUT2D eigenvalue weighted by molar-refractivity contribution is -0.173. The number of ether oxygens (including phenoxy) is 4. The van der Waals surface area contributed by atoms with Crippen molar-refractivity contribution in [1.29, 1.82) is 0 Å². The van der Waals surface area contributed by atoms with Crippen LogP contribution in [0.1, 0.15) is 52.9 Å². The Morgan fingerprint density at radius 1 is 1.09 bits per heavy atom. The molecule has 0 aliphatic heterocycles. The molecule has 4 aliphatic carbocycles. The topological polar surface area (TPSA) is 122 Å². The second-order valence-electron chi connectivity index (χ2n) is 10.4. The maximum atomic E-state index is 13.8. The van der Waals surface area contributed by atoms with Crippen molar-refractivity contribution in [1.82, 2.24) is 0 Å². The van der Waals surface area contributed by atoms with Crippen molar-refractivity contribution >= 4 is 29.7 Å². The van der Waals surface area contributed by atoms with Gasteiger partial charge in [-0.2, -0.15) is 0 Å². The van der Waals surface area contributed by atoms with Crippen molar-refractivity contribution in [3.8, 4) is 0 Å². The van der Waals surface area contributed by atoms with Crippen LogP contribution >= 0.6 is 0 Å². The number of allylic oxidation sites excluding steroid dienone is 4. The standard InChI is InChI=1S/C26H32O9/c1-5-33-23(31)34-14-20(29)26(35-22(30)32-4)11-9-18-17-7-6-15-12-16(27)8-10-24(15,2)21(17)19(28)13-25(18,26)3/h8,10,12,17-18,21H,5-7,9,11,13-14H2,1-4H3/t17-,18-,21+,24-,25-,26-/m0/s1. The van der Waals surface area contributed by atoms with Gasteiger partial charge in [0.1, 0.15) is 5.78 Å². The lowest BCUT2D eigenvalue weighted by Gasteiger charge is -2.57. The van der Waals surface area contributed by atoms with Crippen molar-refractivity contribution < 1.29 is 42.9 Å². The number of methoxy groups -OCH3 is 1. The first-order chi connectivity index (χ1) is 16.5. The summed E-state index contributed by atoms with van der Waals surface area (Å²) in [6.07, 6.45) is 5.16. The Bertz CT molecular complexity index is 1030. The molecule has 0 amide bonds. The summed E-state index contributed by atoms with van der Waals surface area (Å²) in [7, 11) is 1.15. The van der Waals surface area contributed by atoms with Crippen LogP contribution in [0.5, 0.6) is 0 Å². The third-order valence-electron chi connectivity index (χ3n) is 8.83. The van der Waals surface area contributed by atoms with Crippen LogP contribution < -0.4 is 0 Å². The number of hydrogen-bond acceptors (Lipinski definition) is 9. The van der Waals surface area contributed by atoms with E-state index in [1.165, 1.54) is 6.08 Å². The van der Waals surface area contributed by atoms with Crippen molar-refractivity contribution in [3.63, 3.8) is 0 Å². The molecule has 4 rings (SSSR count). The number of ketones is 3. The number of Topliss-reactive ketones (excluding diaryl/α,β-unsaturated/α-hetero) is 2. The number of hydrogen-bond donors (Lipinski definition) is 0. The molecule has 0 aromatic heterocycles. The molecule has 0 radical (unpaired) electrons. The number of rotatable bonds is 5. The molecule has 190 valence electrons. The van der Waals surface area contributed by atoms with Gasteiger partial charge >= 0.3 is 12.3 Å². The van der Waals surface area contributed by atoms with Gasteiger partial charge in [-0.3, -0.25) is 14.4 Å². The zero-order valence-electron chi connectivity index (χ0n) is 20.6. The van der Waals surface area contributed by atoms with E-state index >= 15 is 0 Å². The highest BCUT2D eigenvalue weighted by atomic mass is 16.7. The van der Waals surface area contributed by atoms with E-state index in [1.807, 2.05) is 19.9 Å². The third kappa shape index (κ3) is 3.79. The third-order valence-corrected chi connectivity index (χ3v) is 8.83. The molecule has 9 nitrogen and oxygen atoms in total. The first-order valence-corrected chi connectivity index (χ1v) is 12.1. The lowest BCUT2D eigenvalue weighted by Crippen LogP contribution is -2.62. The van der Waals surface area contributed by atoms with Crippen molar-refractivity contribution in [3.05, 3.63) is 23.8 Å². The van der Waals surface area contributed by atoms with Gasteiger partial charge in [-0.05, 0) is 56.6 Å². The fourth-order valence-electron chi connectivity index (χ4n) is 7.28. The first kappa shape index (κ1) is 25.1. The van der Waals surface area contributed by atoms with Gasteiger partial charge in [-0.25, -0.2) is 9.59 Å². The van der Waals surface area contributed by atoms with Crippen molar-refractivity contribution in [2.45, 2.75) is 58.5 Å². The van der Waals surface area contributed by atoms with E-state index < -0.39 is 41.1 Å². The average molecular weight is 489 g/mol. The van der Waals surface area contributed by atoms with Crippen LogP contribution in [-0.2, 0) is 33.3 Å². The fraction of sp³-hybridized carbons (Fsp3) is 0.654. The number of carbonyl (C=O) groups is 5. The Morgan fingerprint density at radius 3 is 2.51 bits per heavy atom. The molecule has 4 aliphatic rings. The quantitative estimate of drug-likeness (QED) is 0.533. The van der Waals surface area contributed by atoms with Gasteiger partial charge in [0.2, 0.25) is 5.78 Å². The van der Waals surface area contributed by atoms with Crippen LogP contribution in [0.2, 0.25) is 0 Å². The van der Waals surface area contributed by atoms with Crippen molar-refractivity contribution in [2.75, 3.05) is 20.3 Å². The molecule has 0 heterocycles. The maximum Gasteiger partial charge on any atom is 0.509 e. The minimum Gasteiger partial charge on any atom is -0.438 e. The summed E-state index contributed by atoms with van der Waals surface area (Å²) in [5.74, 6) is -1.17. The summed E-state index contributed by atoms with van der Waals surface area (Å²) in [6, 6.07) is 0. The minimum atomic E-state index is -1.67. The second-order valence-corrected chi connectivity index (χ2v) is 10.4. The molecule has 0 unspecified atom stereocenters. The lowest BCUT2D eigenvalue weighted by atomic mass is 9.46. The van der Waals surface area contributed by atoms with Crippen LogP contribution in [0.4, 0.5) is 9.59 Å². The van der Waals surface area contributed by atoms with Gasteiger partial charge in [0.15, 0.2) is 18.0 Å². The highest BCUT2D eigenvalue weighted by Gasteiger charge is 2.70. The molecule has 3 fully saturated rings. The molecule has 3 saturated carbocycles. The summed E-state index contributed by atoms with van der Waals surface area (Å²) in [6.45, 7) is 4.88. The zero-order valence-corrected chi connectivity index (χ0v) is 20.6. The summed E-state index contributed by atoms with van der Waals surface area (Å²) in [5, 5.41) is 0. The van der Waals surface area contributed by atoms with E-state index in [4.69, 9.17) is 18.9 Å². The molecule has 0 saturated heterocycles. The van der Waals surface area contributed by atoms with Crippen molar-refractivity contribution in [2.24, 2.45) is 28.6 Å². The van der Waals surface area contributed by atoms with Crippen LogP contribution in [0.25, 0.3) is 0 Å². The zero-order chi connectivity index (χ0) is 25.6. The first-order valence-electron chi connectivity index (χ1n) is 12.1. The Hall–Kier alpha value is -2.97. The van der Waals surface area contributed by atoms with E-state index in [0.29, 0.717) is 19.3 Å². The van der Waals surface area contributed by atoms with Gasteiger partial charge in [0.25, 0.3) is 0 Å². The van der Waals surface area contributed by atoms with E-state index in [2.05, 4.69) is 0 Å². The number of carbonyl (C=O) groups excluding carboxylic acids is 5. The minimum absolute atomic E-state index is 0.0195. The molecule has 0 bridgehead atoms. The van der Waals surface area contributed by atoms with Crippen LogP contribution in [-0.4, -0.2) is 55.6 Å². The van der Waals surface area contributed by atoms with Gasteiger partial charge in [-0.1, -0.05) is 25.5 Å². The summed E-state index contributed by atoms with van der Waals surface area (Å²) in [5.41, 5.74) is -2.26. The molecule has 0 N–H and O–H groups in total. The SMILES string of the molecule is CCOC(=O)OCC(=O)[C@@]1(OC(=O)OC)CC[C@H]2[C@@H]3CCC4=CC(=O)C=C[C@]4(C)[C@H]3C(=O)C[C@@]21C. The predicted molar refractivity (Wildman–Crippen MR) is 121 cm³/mol. The molecule has 0 aromatic carbocycles. The normalized spacial score (nSPS) is 37.4. The van der Waals surface area contributed by atoms with Crippen LogP contribution in [0.3, 0.4) is 0 Å². The molecular formula is C26H32O9. The fourth-order valence-corrected chi connectivity index (χ4v) is 7.28. The van der Waals surface area contributed by atoms with E-state index in [0.717, 1.165) is 12.7 Å². The van der Waals surface area contributed by atoms with E-state index in [9.17, 15) is 24.0 Å². The summed E-state index contributed by atoms with van der Waals surface area (Å²) in [4.78, 5) is 63.4. The Morgan fingerprint density at radius 2 is 1.83 bits per heavy atom. The van der Waals surface area contributed by atoms with Gasteiger partial charge in [0, 0.05) is 23.2 Å². The smallest absolute Gasteiger partial charge is 0.438 e. The highest BCUT2D eigenvalue weighted by Crippen LogP contribution is 2.67. The molecule has 35 heavy (non-hydrogen) atoms. The van der Waals surface area contributed by atoms with Gasteiger partial charge < -0.3 is 18.9 Å². The van der Waals surface area contributed by atoms with Crippen LogP contribution in [0, 0.1) is 28.6 Å². The number of fused-ring (bicyclic) bond motifs is 5. The predicted octanol–water partition coefficient (Wildman–Crippen LogP) is 3.74. The van der Waals surface area contributed by atoms with Crippen LogP contribution in [0.15, 0.2) is 23.8 Å². The molecule has 0 aromatic rings. The Balaban J connectivity index is 1.69. The molecular weight excluding hydrogens is 456 g/mol. The molecule has 9 heteroatoms. The summed E-state index contributed by atoms with van der Waals surface area (Å²) >= 11 is 0. The monoisotopic (exact) mass is 488 g/mol. The highest BCUT2D eigenvalue weighted by molar-refractivity contribution is 6.02. The summed E-state index contributed by atoms with van der Waals surface area (Å²) < 4.78 is 20.1. The van der Waals surface area contributed by atoms with Gasteiger partial charge in [0.05, 0.1) is 13.7 Å². The maximum absolute atomic E-state index is 13.8. The largest absolute Gasteiger partial charge is 0.509 e. The average Bonchev–Trinajstić information content (AvgIpc) is 3.10. The Labute approximate surface area is 204 Å². The van der Waals surface area contributed by atoms with E-state index in [1.54, 1.807) is 13.0 Å². The second kappa shape index (κ2) is 8.91. The molecule has 6 atom stereocenters. The Kier molecular flexibility index (Phi) is 6.40. The molecule has 0 spiro atoms.